The molecule has 3 saturated carbocycles. The van der Waals surface area contributed by atoms with E-state index in [2.05, 4.69) is 34.1 Å². The van der Waals surface area contributed by atoms with Gasteiger partial charge >= 0.3 is 0 Å². The molecule has 3 fully saturated rings. The van der Waals surface area contributed by atoms with Crippen LogP contribution >= 0.6 is 0 Å². The number of para-hydroxylation sites is 1. The van der Waals surface area contributed by atoms with E-state index >= 15 is 0 Å². The van der Waals surface area contributed by atoms with Crippen LogP contribution in [0.25, 0.3) is 0 Å². The molecule has 3 nitrogen and oxygen atoms in total. The lowest BCUT2D eigenvalue weighted by atomic mass is 9.93. The van der Waals surface area contributed by atoms with Gasteiger partial charge in [-0.15, -0.1) is 0 Å². The molecule has 0 aliphatic heterocycles. The molecule has 3 aliphatic rings. The number of hydrogen-bond acceptors (Lipinski definition) is 3. The van der Waals surface area contributed by atoms with E-state index in [9.17, 15) is 0 Å². The minimum absolute atomic E-state index is 0.639. The smallest absolute Gasteiger partial charge is 0.0813 e. The zero-order valence-corrected chi connectivity index (χ0v) is 17.1. The summed E-state index contributed by atoms with van der Waals surface area (Å²) in [7, 11) is 0. The van der Waals surface area contributed by atoms with E-state index < -0.39 is 0 Å². The number of nitrogens with one attached hydrogen (secondary N) is 3. The van der Waals surface area contributed by atoms with Gasteiger partial charge in [-0.3, -0.25) is 0 Å². The van der Waals surface area contributed by atoms with Gasteiger partial charge in [-0.1, -0.05) is 63.9 Å². The molecule has 0 saturated heterocycles. The van der Waals surface area contributed by atoms with E-state index in [-0.39, 0.29) is 0 Å². The Bertz CT molecular complexity index is 529. The Morgan fingerprint density at radius 2 is 0.852 bits per heavy atom. The third-order valence-corrected chi connectivity index (χ3v) is 6.95. The van der Waals surface area contributed by atoms with Gasteiger partial charge in [-0.05, 0) is 50.7 Å². The second-order valence-electron chi connectivity index (χ2n) is 9.17. The molecule has 3 N–H and O–H groups in total. The van der Waals surface area contributed by atoms with Crippen LogP contribution in [-0.4, -0.2) is 18.1 Å². The summed E-state index contributed by atoms with van der Waals surface area (Å²) in [6.07, 6.45) is 20.4. The van der Waals surface area contributed by atoms with Crippen LogP contribution in [0.15, 0.2) is 18.2 Å². The van der Waals surface area contributed by atoms with Crippen molar-refractivity contribution in [3.05, 3.63) is 18.2 Å². The Hall–Kier alpha value is -1.38. The minimum Gasteiger partial charge on any atom is -0.381 e. The average Bonchev–Trinajstić information content (AvgIpc) is 2.73. The first-order chi connectivity index (χ1) is 13.4. The SMILES string of the molecule is c1cc(NC2CCCCC2)c(NC2CCCCC2)c(NC2CCCCC2)c1. The van der Waals surface area contributed by atoms with Gasteiger partial charge in [-0.2, -0.15) is 0 Å². The summed E-state index contributed by atoms with van der Waals surface area (Å²) < 4.78 is 0. The molecule has 0 bridgehead atoms. The zero-order valence-electron chi connectivity index (χ0n) is 17.1. The van der Waals surface area contributed by atoms with Crippen molar-refractivity contribution in [2.75, 3.05) is 16.0 Å². The molecule has 4 rings (SSSR count). The van der Waals surface area contributed by atoms with Crippen molar-refractivity contribution in [2.45, 2.75) is 114 Å². The van der Waals surface area contributed by atoms with Crippen LogP contribution in [-0.2, 0) is 0 Å². The molecule has 27 heavy (non-hydrogen) atoms. The van der Waals surface area contributed by atoms with Crippen LogP contribution in [0.3, 0.4) is 0 Å². The number of anilines is 3. The molecular weight excluding hydrogens is 330 g/mol. The molecule has 0 amide bonds. The van der Waals surface area contributed by atoms with Crippen molar-refractivity contribution in [2.24, 2.45) is 0 Å². The molecule has 0 aromatic heterocycles. The standard InChI is InChI=1S/C24H39N3/c1-4-11-19(12-5-1)25-22-17-10-18-23(26-20-13-6-2-7-14-20)24(22)27-21-15-8-3-9-16-21/h10,17-21,25-27H,1-9,11-16H2. The van der Waals surface area contributed by atoms with Gasteiger partial charge in [-0.25, -0.2) is 0 Å². The van der Waals surface area contributed by atoms with Crippen LogP contribution in [0, 0.1) is 0 Å². The molecule has 3 heteroatoms. The van der Waals surface area contributed by atoms with Crippen molar-refractivity contribution in [3.63, 3.8) is 0 Å². The van der Waals surface area contributed by atoms with E-state index in [1.807, 2.05) is 0 Å². The van der Waals surface area contributed by atoms with E-state index in [0.29, 0.717) is 18.1 Å². The quantitative estimate of drug-likeness (QED) is 0.509. The molecule has 1 aromatic carbocycles. The van der Waals surface area contributed by atoms with Crippen molar-refractivity contribution in [3.8, 4) is 0 Å². The van der Waals surface area contributed by atoms with E-state index in [1.54, 1.807) is 0 Å². The fourth-order valence-corrected chi connectivity index (χ4v) is 5.33. The van der Waals surface area contributed by atoms with Crippen LogP contribution in [0.2, 0.25) is 0 Å². The summed E-state index contributed by atoms with van der Waals surface area (Å²) in [5.41, 5.74) is 4.00. The van der Waals surface area contributed by atoms with Gasteiger partial charge in [0.1, 0.15) is 0 Å². The third kappa shape index (κ3) is 5.33. The fraction of sp³-hybridized carbons (Fsp3) is 0.750. The summed E-state index contributed by atoms with van der Waals surface area (Å²) in [4.78, 5) is 0. The summed E-state index contributed by atoms with van der Waals surface area (Å²) in [5.74, 6) is 0. The molecule has 0 radical (unpaired) electrons. The van der Waals surface area contributed by atoms with Gasteiger partial charge in [0.15, 0.2) is 0 Å². The first-order valence-corrected chi connectivity index (χ1v) is 11.8. The number of rotatable bonds is 6. The molecule has 0 spiro atoms. The van der Waals surface area contributed by atoms with Gasteiger partial charge in [0.25, 0.3) is 0 Å². The molecule has 0 atom stereocenters. The molecule has 0 heterocycles. The molecule has 150 valence electrons. The normalized spacial score (nSPS) is 23.1. The zero-order chi connectivity index (χ0) is 18.3. The monoisotopic (exact) mass is 369 g/mol. The Kier molecular flexibility index (Phi) is 6.81. The maximum absolute atomic E-state index is 3.97. The topological polar surface area (TPSA) is 36.1 Å². The highest BCUT2D eigenvalue weighted by Crippen LogP contribution is 2.36. The highest BCUT2D eigenvalue weighted by atomic mass is 15.0. The Balaban J connectivity index is 1.52. The van der Waals surface area contributed by atoms with Crippen LogP contribution < -0.4 is 16.0 Å². The Morgan fingerprint density at radius 3 is 1.26 bits per heavy atom. The Labute approximate surface area is 166 Å². The Morgan fingerprint density at radius 1 is 0.481 bits per heavy atom. The van der Waals surface area contributed by atoms with Crippen molar-refractivity contribution in [1.82, 2.24) is 0 Å². The molecule has 1 aromatic rings. The first-order valence-electron chi connectivity index (χ1n) is 11.8. The number of benzene rings is 1. The number of hydrogen-bond donors (Lipinski definition) is 3. The van der Waals surface area contributed by atoms with Crippen LogP contribution in [0.4, 0.5) is 17.1 Å². The lowest BCUT2D eigenvalue weighted by molar-refractivity contribution is 0.458. The van der Waals surface area contributed by atoms with Gasteiger partial charge < -0.3 is 16.0 Å². The van der Waals surface area contributed by atoms with Gasteiger partial charge in [0.05, 0.1) is 17.1 Å². The maximum atomic E-state index is 3.97. The maximum Gasteiger partial charge on any atom is 0.0813 e. The van der Waals surface area contributed by atoms with Gasteiger partial charge in [0.2, 0.25) is 0 Å². The van der Waals surface area contributed by atoms with E-state index in [4.69, 9.17) is 0 Å². The first kappa shape index (κ1) is 19.0. The van der Waals surface area contributed by atoms with Gasteiger partial charge in [0, 0.05) is 18.1 Å². The lowest BCUT2D eigenvalue weighted by Gasteiger charge is -2.31. The fourth-order valence-electron chi connectivity index (χ4n) is 5.33. The van der Waals surface area contributed by atoms with Crippen molar-refractivity contribution >= 4 is 17.1 Å². The summed E-state index contributed by atoms with van der Waals surface area (Å²) in [6.45, 7) is 0. The van der Waals surface area contributed by atoms with Crippen LogP contribution in [0.1, 0.15) is 96.3 Å². The highest BCUT2D eigenvalue weighted by Gasteiger charge is 2.21. The van der Waals surface area contributed by atoms with Crippen molar-refractivity contribution in [1.29, 1.82) is 0 Å². The third-order valence-electron chi connectivity index (χ3n) is 6.95. The predicted molar refractivity (Wildman–Crippen MR) is 118 cm³/mol. The minimum atomic E-state index is 0.639. The summed E-state index contributed by atoms with van der Waals surface area (Å²) in [6, 6.07) is 8.77. The molecular formula is C24H39N3. The average molecular weight is 370 g/mol. The summed E-state index contributed by atoms with van der Waals surface area (Å²) in [5, 5.41) is 11.8. The second-order valence-corrected chi connectivity index (χ2v) is 9.17. The highest BCUT2D eigenvalue weighted by molar-refractivity contribution is 5.83. The van der Waals surface area contributed by atoms with E-state index in [0.717, 1.165) is 0 Å². The van der Waals surface area contributed by atoms with E-state index in [1.165, 1.54) is 113 Å². The summed E-state index contributed by atoms with van der Waals surface area (Å²) >= 11 is 0. The second kappa shape index (κ2) is 9.71. The molecule has 0 unspecified atom stereocenters. The lowest BCUT2D eigenvalue weighted by Crippen LogP contribution is -2.28. The largest absolute Gasteiger partial charge is 0.381 e. The van der Waals surface area contributed by atoms with Crippen LogP contribution in [0.5, 0.6) is 0 Å². The van der Waals surface area contributed by atoms with Crippen molar-refractivity contribution < 1.29 is 0 Å². The predicted octanol–water partition coefficient (Wildman–Crippen LogP) is 6.92. The molecule has 3 aliphatic carbocycles.